The Hall–Kier alpha value is -1.02. The Kier molecular flexibility index (Phi) is 1.78. The Balaban J connectivity index is 2.33. The van der Waals surface area contributed by atoms with Crippen LogP contribution in [0.2, 0.25) is 0 Å². The lowest BCUT2D eigenvalue weighted by atomic mass is 10.2. The molecule has 2 rings (SSSR count). The predicted octanol–water partition coefficient (Wildman–Crippen LogP) is 1.67. The van der Waals surface area contributed by atoms with Gasteiger partial charge in [-0.3, -0.25) is 0 Å². The maximum Gasteiger partial charge on any atom is 0.153 e. The van der Waals surface area contributed by atoms with Gasteiger partial charge in [0.2, 0.25) is 0 Å². The van der Waals surface area contributed by atoms with E-state index in [1.807, 2.05) is 18.2 Å². The maximum absolute atomic E-state index is 5.11. The summed E-state index contributed by atoms with van der Waals surface area (Å²) in [6.45, 7) is 4.07. The monoisotopic (exact) mass is 147 g/mol. The van der Waals surface area contributed by atoms with Gasteiger partial charge < -0.3 is 10.1 Å². The van der Waals surface area contributed by atoms with Crippen LogP contribution in [0.5, 0.6) is 0 Å². The molecule has 0 spiro atoms. The molecular weight excluding hydrogens is 138 g/mol. The Morgan fingerprint density at radius 3 is 3.27 bits per heavy atom. The number of benzene rings is 1. The Morgan fingerprint density at radius 1 is 1.36 bits per heavy atom. The largest absolute Gasteiger partial charge is 0.382 e. The Labute approximate surface area is 66.2 Å². The first-order valence-corrected chi connectivity index (χ1v) is 3.63. The number of hydrogen-bond acceptors (Lipinski definition) is 2. The Bertz CT molecular complexity index is 222. The summed E-state index contributed by atoms with van der Waals surface area (Å²) >= 11 is 0. The highest BCUT2D eigenvalue weighted by molar-refractivity contribution is 5.51. The van der Waals surface area contributed by atoms with Crippen molar-refractivity contribution in [2.45, 2.75) is 6.61 Å². The highest BCUT2D eigenvalue weighted by Gasteiger charge is 2.05. The van der Waals surface area contributed by atoms with Crippen molar-refractivity contribution in [3.8, 4) is 0 Å². The van der Waals surface area contributed by atoms with Crippen molar-refractivity contribution >= 4 is 5.69 Å². The number of ether oxygens (including phenoxy) is 1. The average molecular weight is 147 g/mol. The van der Waals surface area contributed by atoms with Crippen molar-refractivity contribution in [1.29, 1.82) is 0 Å². The van der Waals surface area contributed by atoms with Gasteiger partial charge in [-0.15, -0.1) is 0 Å². The van der Waals surface area contributed by atoms with E-state index in [-0.39, 0.29) is 0 Å². The minimum absolute atomic E-state index is 0.628. The van der Waals surface area contributed by atoms with Crippen molar-refractivity contribution in [2.75, 3.05) is 11.9 Å². The van der Waals surface area contributed by atoms with E-state index in [2.05, 4.69) is 18.0 Å². The van der Waals surface area contributed by atoms with Gasteiger partial charge in [-0.25, -0.2) is 0 Å². The molecule has 0 atom stereocenters. The van der Waals surface area contributed by atoms with Gasteiger partial charge in [0.1, 0.15) is 0 Å². The molecule has 0 saturated heterocycles. The molecule has 0 saturated carbocycles. The third-order valence-electron chi connectivity index (χ3n) is 1.70. The molecule has 0 aliphatic carbocycles. The second-order valence-electron chi connectivity index (χ2n) is 2.44. The van der Waals surface area contributed by atoms with Gasteiger partial charge in [0.15, 0.2) is 6.61 Å². The molecule has 0 fully saturated rings. The molecule has 1 aromatic rings. The number of fused-ring (bicyclic) bond motifs is 1. The van der Waals surface area contributed by atoms with Crippen LogP contribution in [0.25, 0.3) is 0 Å². The van der Waals surface area contributed by atoms with Crippen molar-refractivity contribution in [1.82, 2.24) is 0 Å². The molecule has 2 radical (unpaired) electrons. The van der Waals surface area contributed by atoms with Crippen molar-refractivity contribution in [3.05, 3.63) is 36.4 Å². The minimum atomic E-state index is 0.628. The third kappa shape index (κ3) is 1.35. The molecule has 0 aromatic heterocycles. The van der Waals surface area contributed by atoms with Crippen molar-refractivity contribution in [3.63, 3.8) is 0 Å². The quantitative estimate of drug-likeness (QED) is 0.602. The highest BCUT2D eigenvalue weighted by Crippen LogP contribution is 2.18. The van der Waals surface area contributed by atoms with Crippen molar-refractivity contribution in [2.24, 2.45) is 0 Å². The normalized spacial score (nSPS) is 16.4. The standard InChI is InChI=1S/C9H9NO/c1-2-4-9-8(3-1)7-11-6-5-10-9/h1-4,10H,5,7H2. The van der Waals surface area contributed by atoms with Gasteiger partial charge >= 0.3 is 0 Å². The SMILES string of the molecule is [C]1CNc2ccccc2CO1. The van der Waals surface area contributed by atoms with Crippen LogP contribution in [-0.2, 0) is 11.3 Å². The molecule has 0 unspecified atom stereocenters. The van der Waals surface area contributed by atoms with Gasteiger partial charge in [-0.1, -0.05) is 18.2 Å². The highest BCUT2D eigenvalue weighted by atomic mass is 16.5. The van der Waals surface area contributed by atoms with Gasteiger partial charge in [0.05, 0.1) is 13.2 Å². The predicted molar refractivity (Wildman–Crippen MR) is 43.0 cm³/mol. The van der Waals surface area contributed by atoms with E-state index in [1.54, 1.807) is 0 Å². The van der Waals surface area contributed by atoms with Crippen LogP contribution >= 0.6 is 0 Å². The van der Waals surface area contributed by atoms with Crippen LogP contribution in [0.4, 0.5) is 5.69 Å². The zero-order valence-corrected chi connectivity index (χ0v) is 6.13. The van der Waals surface area contributed by atoms with Crippen LogP contribution in [0.15, 0.2) is 24.3 Å². The molecule has 1 heterocycles. The molecule has 0 amide bonds. The van der Waals surface area contributed by atoms with E-state index < -0.39 is 0 Å². The van der Waals surface area contributed by atoms with Gasteiger partial charge in [-0.2, -0.15) is 0 Å². The van der Waals surface area contributed by atoms with E-state index in [4.69, 9.17) is 4.74 Å². The number of rotatable bonds is 0. The minimum Gasteiger partial charge on any atom is -0.382 e. The lowest BCUT2D eigenvalue weighted by molar-refractivity contribution is 0.192. The average Bonchev–Trinajstić information content (AvgIpc) is 2.28. The summed E-state index contributed by atoms with van der Waals surface area (Å²) < 4.78 is 5.11. The van der Waals surface area contributed by atoms with E-state index >= 15 is 0 Å². The van der Waals surface area contributed by atoms with E-state index in [0.717, 1.165) is 5.69 Å². The number of hydrogen-bond donors (Lipinski definition) is 1. The van der Waals surface area contributed by atoms with Gasteiger partial charge in [0, 0.05) is 11.3 Å². The summed E-state index contributed by atoms with van der Waals surface area (Å²) in [6, 6.07) is 8.12. The van der Waals surface area contributed by atoms with E-state index in [9.17, 15) is 0 Å². The maximum atomic E-state index is 5.11. The van der Waals surface area contributed by atoms with Crippen LogP contribution < -0.4 is 5.32 Å². The number of para-hydroxylation sites is 1. The fraction of sp³-hybridized carbons (Fsp3) is 0.222. The molecule has 1 aliphatic heterocycles. The van der Waals surface area contributed by atoms with Crippen molar-refractivity contribution < 1.29 is 4.74 Å². The molecule has 0 bridgehead atoms. The first kappa shape index (κ1) is 6.68. The first-order valence-electron chi connectivity index (χ1n) is 3.63. The fourth-order valence-corrected chi connectivity index (χ4v) is 1.13. The second-order valence-corrected chi connectivity index (χ2v) is 2.44. The second kappa shape index (κ2) is 2.93. The molecular formula is C9H9NO. The van der Waals surface area contributed by atoms with Crippen LogP contribution in [0.3, 0.4) is 0 Å². The summed E-state index contributed by atoms with van der Waals surface area (Å²) in [7, 11) is 0. The summed E-state index contributed by atoms with van der Waals surface area (Å²) in [5.41, 5.74) is 2.34. The van der Waals surface area contributed by atoms with E-state index in [0.29, 0.717) is 13.2 Å². The molecule has 1 aromatic carbocycles. The molecule has 2 heteroatoms. The topological polar surface area (TPSA) is 21.3 Å². The van der Waals surface area contributed by atoms with Crippen LogP contribution in [0, 0.1) is 6.61 Å². The van der Waals surface area contributed by atoms with Crippen LogP contribution in [-0.4, -0.2) is 6.54 Å². The lowest BCUT2D eigenvalue weighted by Crippen LogP contribution is -1.99. The number of nitrogens with one attached hydrogen (secondary N) is 1. The third-order valence-corrected chi connectivity index (χ3v) is 1.70. The molecule has 56 valence electrons. The molecule has 11 heavy (non-hydrogen) atoms. The van der Waals surface area contributed by atoms with Crippen LogP contribution in [0.1, 0.15) is 5.56 Å². The smallest absolute Gasteiger partial charge is 0.153 e. The van der Waals surface area contributed by atoms with Gasteiger partial charge in [-0.05, 0) is 6.07 Å². The molecule has 1 aliphatic rings. The molecule has 1 N–H and O–H groups in total. The van der Waals surface area contributed by atoms with E-state index in [1.165, 1.54) is 5.56 Å². The summed E-state index contributed by atoms with van der Waals surface area (Å²) in [4.78, 5) is 0. The summed E-state index contributed by atoms with van der Waals surface area (Å²) in [6.07, 6.45) is 0. The fourth-order valence-electron chi connectivity index (χ4n) is 1.13. The first-order chi connectivity index (χ1) is 5.47. The number of anilines is 1. The van der Waals surface area contributed by atoms with Gasteiger partial charge in [0.25, 0.3) is 0 Å². The zero-order chi connectivity index (χ0) is 7.52. The lowest BCUT2D eigenvalue weighted by Gasteiger charge is -2.03. The summed E-state index contributed by atoms with van der Waals surface area (Å²) in [5, 5.41) is 3.19. The Morgan fingerprint density at radius 2 is 2.27 bits per heavy atom. The zero-order valence-electron chi connectivity index (χ0n) is 6.13. The summed E-state index contributed by atoms with van der Waals surface area (Å²) in [5.74, 6) is 0. The molecule has 2 nitrogen and oxygen atoms in total.